The maximum atomic E-state index is 12.9. The molecule has 6 nitrogen and oxygen atoms in total. The van der Waals surface area contributed by atoms with Gasteiger partial charge in [-0.15, -0.1) is 0 Å². The molecule has 10 heteroatoms. The van der Waals surface area contributed by atoms with E-state index in [-0.39, 0.29) is 30.6 Å². The largest absolute Gasteiger partial charge is 0.444 e. The molecular formula is C19H21BrF3N3O3. The van der Waals surface area contributed by atoms with Gasteiger partial charge in [-0.25, -0.2) is 4.79 Å². The predicted octanol–water partition coefficient (Wildman–Crippen LogP) is 4.32. The van der Waals surface area contributed by atoms with Gasteiger partial charge in [0.05, 0.1) is 17.1 Å². The Labute approximate surface area is 174 Å². The first-order chi connectivity index (χ1) is 13.3. The smallest absolute Gasteiger partial charge is 0.407 e. The summed E-state index contributed by atoms with van der Waals surface area (Å²) >= 11 is 3.26. The standard InChI is InChI=1S/C19H21BrF3N3O3/c1-18(2,3)29-17(28)24-12-7-25(8-12)16(27)14-9-26(10-19(21,22)23)15-6-11(20)4-5-13(14)15/h4-6,9,12H,7-8,10H2,1-3H3,(H,24,28). The van der Waals surface area contributed by atoms with Crippen LogP contribution in [0.2, 0.25) is 0 Å². The molecule has 2 aromatic rings. The highest BCUT2D eigenvalue weighted by atomic mass is 79.9. The summed E-state index contributed by atoms with van der Waals surface area (Å²) in [5.41, 5.74) is -0.103. The normalized spacial score (nSPS) is 15.3. The zero-order valence-electron chi connectivity index (χ0n) is 16.1. The molecular weight excluding hydrogens is 455 g/mol. The maximum Gasteiger partial charge on any atom is 0.407 e. The van der Waals surface area contributed by atoms with Crippen molar-refractivity contribution in [1.29, 1.82) is 0 Å². The van der Waals surface area contributed by atoms with E-state index in [9.17, 15) is 22.8 Å². The van der Waals surface area contributed by atoms with Crippen molar-refractivity contribution >= 4 is 38.8 Å². The highest BCUT2D eigenvalue weighted by molar-refractivity contribution is 9.10. The summed E-state index contributed by atoms with van der Waals surface area (Å²) < 4.78 is 45.6. The molecule has 0 aliphatic carbocycles. The number of rotatable bonds is 3. The second-order valence-corrected chi connectivity index (χ2v) is 8.92. The topological polar surface area (TPSA) is 63.6 Å². The quantitative estimate of drug-likeness (QED) is 0.718. The average Bonchev–Trinajstić information content (AvgIpc) is 2.84. The highest BCUT2D eigenvalue weighted by Gasteiger charge is 2.35. The molecule has 0 unspecified atom stereocenters. The van der Waals surface area contributed by atoms with Crippen LogP contribution in [-0.4, -0.2) is 52.4 Å². The summed E-state index contributed by atoms with van der Waals surface area (Å²) in [6.45, 7) is 4.59. The molecule has 1 N–H and O–H groups in total. The fraction of sp³-hybridized carbons (Fsp3) is 0.474. The summed E-state index contributed by atoms with van der Waals surface area (Å²) in [7, 11) is 0. The minimum Gasteiger partial charge on any atom is -0.444 e. The van der Waals surface area contributed by atoms with E-state index in [4.69, 9.17) is 4.74 Å². The van der Waals surface area contributed by atoms with E-state index < -0.39 is 24.4 Å². The average molecular weight is 476 g/mol. The summed E-state index contributed by atoms with van der Waals surface area (Å²) in [4.78, 5) is 26.1. The van der Waals surface area contributed by atoms with Crippen LogP contribution < -0.4 is 5.32 Å². The SMILES string of the molecule is CC(C)(C)OC(=O)NC1CN(C(=O)c2cn(CC(F)(F)F)c3cc(Br)ccc23)C1. The number of carbonyl (C=O) groups excluding carboxylic acids is 2. The third-order valence-corrected chi connectivity index (χ3v) is 4.81. The second-order valence-electron chi connectivity index (χ2n) is 8.00. The van der Waals surface area contributed by atoms with Crippen LogP contribution in [0.5, 0.6) is 0 Å². The number of carbonyl (C=O) groups is 2. The van der Waals surface area contributed by atoms with Gasteiger partial charge < -0.3 is 19.5 Å². The molecule has 29 heavy (non-hydrogen) atoms. The molecule has 0 radical (unpaired) electrons. The predicted molar refractivity (Wildman–Crippen MR) is 105 cm³/mol. The highest BCUT2D eigenvalue weighted by Crippen LogP contribution is 2.30. The van der Waals surface area contributed by atoms with E-state index in [0.717, 1.165) is 4.57 Å². The molecule has 0 saturated carbocycles. The van der Waals surface area contributed by atoms with Crippen LogP contribution in [0.1, 0.15) is 31.1 Å². The lowest BCUT2D eigenvalue weighted by Crippen LogP contribution is -2.61. The Kier molecular flexibility index (Phi) is 5.59. The number of alkyl halides is 3. The molecule has 3 rings (SSSR count). The molecule has 1 aliphatic rings. The molecule has 158 valence electrons. The van der Waals surface area contributed by atoms with Crippen molar-refractivity contribution in [3.8, 4) is 0 Å². The first-order valence-electron chi connectivity index (χ1n) is 8.96. The van der Waals surface area contributed by atoms with Crippen LogP contribution in [0, 0.1) is 0 Å². The maximum absolute atomic E-state index is 12.9. The van der Waals surface area contributed by atoms with Gasteiger partial charge in [-0.05, 0) is 32.9 Å². The van der Waals surface area contributed by atoms with E-state index in [1.54, 1.807) is 39.0 Å². The molecule has 1 saturated heterocycles. The van der Waals surface area contributed by atoms with Gasteiger partial charge >= 0.3 is 12.3 Å². The third kappa shape index (κ3) is 5.23. The summed E-state index contributed by atoms with van der Waals surface area (Å²) in [6, 6.07) is 4.60. The van der Waals surface area contributed by atoms with Crippen molar-refractivity contribution in [3.63, 3.8) is 0 Å². The minimum absolute atomic E-state index is 0.201. The number of aromatic nitrogens is 1. The lowest BCUT2D eigenvalue weighted by atomic mass is 10.1. The molecule has 2 amide bonds. The van der Waals surface area contributed by atoms with Crippen LogP contribution >= 0.6 is 15.9 Å². The lowest BCUT2D eigenvalue weighted by molar-refractivity contribution is -0.139. The van der Waals surface area contributed by atoms with E-state index in [0.29, 0.717) is 15.4 Å². The van der Waals surface area contributed by atoms with Crippen molar-refractivity contribution in [2.75, 3.05) is 13.1 Å². The van der Waals surface area contributed by atoms with Crippen molar-refractivity contribution in [3.05, 3.63) is 34.4 Å². The number of nitrogens with one attached hydrogen (secondary N) is 1. The number of hydrogen-bond donors (Lipinski definition) is 1. The Morgan fingerprint density at radius 3 is 2.48 bits per heavy atom. The van der Waals surface area contributed by atoms with Gasteiger partial charge in [0.2, 0.25) is 0 Å². The van der Waals surface area contributed by atoms with Crippen LogP contribution in [0.25, 0.3) is 10.9 Å². The Bertz CT molecular complexity index is 944. The van der Waals surface area contributed by atoms with Gasteiger partial charge in [0.1, 0.15) is 12.1 Å². The number of nitrogens with zero attached hydrogens (tertiary/aromatic N) is 2. The van der Waals surface area contributed by atoms with Gasteiger partial charge in [-0.3, -0.25) is 4.79 Å². The van der Waals surface area contributed by atoms with Gasteiger partial charge in [-0.1, -0.05) is 22.0 Å². The van der Waals surface area contributed by atoms with Gasteiger partial charge in [-0.2, -0.15) is 13.2 Å². The van der Waals surface area contributed by atoms with Crippen LogP contribution in [0.15, 0.2) is 28.9 Å². The fourth-order valence-electron chi connectivity index (χ4n) is 3.14. The third-order valence-electron chi connectivity index (χ3n) is 4.31. The summed E-state index contributed by atoms with van der Waals surface area (Å²) in [6.07, 6.45) is -3.74. The van der Waals surface area contributed by atoms with Crippen molar-refractivity contribution in [2.24, 2.45) is 0 Å². The lowest BCUT2D eigenvalue weighted by Gasteiger charge is -2.39. The van der Waals surface area contributed by atoms with E-state index >= 15 is 0 Å². The molecule has 0 bridgehead atoms. The van der Waals surface area contributed by atoms with Crippen molar-refractivity contribution < 1.29 is 27.5 Å². The summed E-state index contributed by atoms with van der Waals surface area (Å²) in [5.74, 6) is -0.375. The summed E-state index contributed by atoms with van der Waals surface area (Å²) in [5, 5.41) is 3.12. The number of alkyl carbamates (subject to hydrolysis) is 1. The molecule has 0 spiro atoms. The first-order valence-corrected chi connectivity index (χ1v) is 9.75. The van der Waals surface area contributed by atoms with E-state index in [1.807, 2.05) is 0 Å². The molecule has 1 aromatic heterocycles. The van der Waals surface area contributed by atoms with E-state index in [1.165, 1.54) is 11.1 Å². The van der Waals surface area contributed by atoms with Gasteiger partial charge in [0.25, 0.3) is 5.91 Å². The van der Waals surface area contributed by atoms with E-state index in [2.05, 4.69) is 21.2 Å². The second kappa shape index (κ2) is 7.55. The van der Waals surface area contributed by atoms with Gasteiger partial charge in [0, 0.05) is 29.1 Å². The van der Waals surface area contributed by atoms with Crippen molar-refractivity contribution in [2.45, 2.75) is 45.1 Å². The zero-order chi connectivity index (χ0) is 21.6. The number of fused-ring (bicyclic) bond motifs is 1. The number of likely N-dealkylation sites (tertiary alicyclic amines) is 1. The monoisotopic (exact) mass is 475 g/mol. The minimum atomic E-state index is -4.41. The first kappa shape index (κ1) is 21.5. The number of hydrogen-bond acceptors (Lipinski definition) is 3. The number of benzene rings is 1. The zero-order valence-corrected chi connectivity index (χ0v) is 17.7. The number of amides is 2. The molecule has 1 aromatic carbocycles. The van der Waals surface area contributed by atoms with Crippen LogP contribution in [0.3, 0.4) is 0 Å². The van der Waals surface area contributed by atoms with Crippen molar-refractivity contribution in [1.82, 2.24) is 14.8 Å². The van der Waals surface area contributed by atoms with Gasteiger partial charge in [0.15, 0.2) is 0 Å². The Balaban J connectivity index is 1.73. The molecule has 1 fully saturated rings. The van der Waals surface area contributed by atoms with Crippen LogP contribution in [0.4, 0.5) is 18.0 Å². The Hall–Kier alpha value is -2.23. The molecule has 1 aliphatic heterocycles. The molecule has 0 atom stereocenters. The van der Waals surface area contributed by atoms with Crippen LogP contribution in [-0.2, 0) is 11.3 Å². The Morgan fingerprint density at radius 1 is 1.24 bits per heavy atom. The molecule has 2 heterocycles. The Morgan fingerprint density at radius 2 is 1.90 bits per heavy atom. The number of ether oxygens (including phenoxy) is 1. The fourth-order valence-corrected chi connectivity index (χ4v) is 3.49. The number of halogens is 4.